The second kappa shape index (κ2) is 5.70. The first kappa shape index (κ1) is 11.1. The number of carbonyl (C=O) groups excluding carboxylic acids is 1. The van der Waals surface area contributed by atoms with Crippen molar-refractivity contribution in [3.05, 3.63) is 0 Å². The summed E-state index contributed by atoms with van der Waals surface area (Å²) in [6.07, 6.45) is 10.8. The third-order valence-electron chi connectivity index (χ3n) is 3.16. The highest BCUT2D eigenvalue weighted by Crippen LogP contribution is 2.30. The van der Waals surface area contributed by atoms with Crippen LogP contribution >= 0.6 is 0 Å². The predicted octanol–water partition coefficient (Wildman–Crippen LogP) is 1.95. The lowest BCUT2D eigenvalue weighted by molar-refractivity contribution is -0.125. The van der Waals surface area contributed by atoms with Crippen LogP contribution in [-0.2, 0) is 4.79 Å². The molecule has 0 bridgehead atoms. The van der Waals surface area contributed by atoms with Gasteiger partial charge >= 0.3 is 0 Å². The Morgan fingerprint density at radius 1 is 1.43 bits per heavy atom. The minimum Gasteiger partial charge on any atom is -0.345 e. The lowest BCUT2D eigenvalue weighted by atomic mass is 9.80. The van der Waals surface area contributed by atoms with Crippen LogP contribution in [0.2, 0.25) is 0 Å². The molecule has 78 valence electrons. The summed E-state index contributed by atoms with van der Waals surface area (Å²) in [5, 5.41) is 2.76. The SMILES string of the molecule is C#CCNC(=O)C1CCC(CC)CC1. The Morgan fingerprint density at radius 2 is 2.07 bits per heavy atom. The molecule has 1 fully saturated rings. The van der Waals surface area contributed by atoms with Gasteiger partial charge in [0.25, 0.3) is 0 Å². The van der Waals surface area contributed by atoms with E-state index in [1.54, 1.807) is 0 Å². The van der Waals surface area contributed by atoms with Crippen molar-refractivity contribution in [2.45, 2.75) is 39.0 Å². The highest BCUT2D eigenvalue weighted by atomic mass is 16.1. The van der Waals surface area contributed by atoms with E-state index in [9.17, 15) is 4.79 Å². The van der Waals surface area contributed by atoms with Gasteiger partial charge in [0.1, 0.15) is 0 Å². The second-order valence-corrected chi connectivity index (χ2v) is 4.05. The van der Waals surface area contributed by atoms with Crippen LogP contribution in [0.25, 0.3) is 0 Å². The molecule has 2 heteroatoms. The molecule has 0 unspecified atom stereocenters. The Hall–Kier alpha value is -0.970. The molecule has 2 nitrogen and oxygen atoms in total. The molecule has 0 radical (unpaired) electrons. The molecule has 1 saturated carbocycles. The van der Waals surface area contributed by atoms with E-state index in [1.807, 2.05) is 0 Å². The Kier molecular flexibility index (Phi) is 4.52. The number of amides is 1. The third-order valence-corrected chi connectivity index (χ3v) is 3.16. The van der Waals surface area contributed by atoms with Crippen molar-refractivity contribution in [1.29, 1.82) is 0 Å². The standard InChI is InChI=1S/C12H19NO/c1-3-9-13-12(14)11-7-5-10(4-2)6-8-11/h1,10-11H,4-9H2,2H3,(H,13,14). The third kappa shape index (κ3) is 3.06. The van der Waals surface area contributed by atoms with E-state index < -0.39 is 0 Å². The molecule has 0 saturated heterocycles. The minimum atomic E-state index is 0.150. The maximum Gasteiger partial charge on any atom is 0.223 e. The van der Waals surface area contributed by atoms with Crippen molar-refractivity contribution in [3.8, 4) is 12.3 Å². The quantitative estimate of drug-likeness (QED) is 0.682. The van der Waals surface area contributed by atoms with Gasteiger partial charge in [-0.15, -0.1) is 6.42 Å². The summed E-state index contributed by atoms with van der Waals surface area (Å²) in [4.78, 5) is 11.5. The van der Waals surface area contributed by atoms with E-state index in [1.165, 1.54) is 19.3 Å². The molecule has 0 spiro atoms. The van der Waals surface area contributed by atoms with E-state index in [0.717, 1.165) is 18.8 Å². The van der Waals surface area contributed by atoms with Gasteiger partial charge in [-0.3, -0.25) is 4.79 Å². The van der Waals surface area contributed by atoms with Gasteiger partial charge in [0, 0.05) is 5.92 Å². The van der Waals surface area contributed by atoms with E-state index >= 15 is 0 Å². The molecule has 0 aliphatic heterocycles. The summed E-state index contributed by atoms with van der Waals surface area (Å²) in [6.45, 7) is 2.59. The largest absolute Gasteiger partial charge is 0.345 e. The molecule has 0 aromatic heterocycles. The minimum absolute atomic E-state index is 0.150. The first-order valence-electron chi connectivity index (χ1n) is 5.49. The Labute approximate surface area is 86.5 Å². The molecular weight excluding hydrogens is 174 g/mol. The molecule has 1 aliphatic rings. The molecule has 0 aromatic rings. The van der Waals surface area contributed by atoms with Crippen LogP contribution in [0.15, 0.2) is 0 Å². The maximum atomic E-state index is 11.5. The van der Waals surface area contributed by atoms with Crippen LogP contribution in [0, 0.1) is 24.2 Å². The van der Waals surface area contributed by atoms with Crippen molar-refractivity contribution in [1.82, 2.24) is 5.32 Å². The van der Waals surface area contributed by atoms with Crippen molar-refractivity contribution < 1.29 is 4.79 Å². The molecule has 0 atom stereocenters. The average Bonchev–Trinajstić information content (AvgIpc) is 2.26. The monoisotopic (exact) mass is 193 g/mol. The maximum absolute atomic E-state index is 11.5. The summed E-state index contributed by atoms with van der Waals surface area (Å²) < 4.78 is 0. The number of hydrogen-bond acceptors (Lipinski definition) is 1. The zero-order chi connectivity index (χ0) is 10.4. The molecule has 1 aliphatic carbocycles. The van der Waals surface area contributed by atoms with Crippen molar-refractivity contribution in [2.24, 2.45) is 11.8 Å². The van der Waals surface area contributed by atoms with Gasteiger partial charge in [-0.2, -0.15) is 0 Å². The van der Waals surface area contributed by atoms with E-state index in [-0.39, 0.29) is 11.8 Å². The van der Waals surface area contributed by atoms with Crippen molar-refractivity contribution >= 4 is 5.91 Å². The number of rotatable bonds is 3. The van der Waals surface area contributed by atoms with Crippen molar-refractivity contribution in [3.63, 3.8) is 0 Å². The van der Waals surface area contributed by atoms with Gasteiger partial charge in [0.2, 0.25) is 5.91 Å². The number of hydrogen-bond donors (Lipinski definition) is 1. The molecular formula is C12H19NO. The summed E-state index contributed by atoms with van der Waals surface area (Å²) >= 11 is 0. The summed E-state index contributed by atoms with van der Waals surface area (Å²) in [5.74, 6) is 3.63. The topological polar surface area (TPSA) is 29.1 Å². The van der Waals surface area contributed by atoms with Crippen LogP contribution < -0.4 is 5.32 Å². The number of terminal acetylenes is 1. The zero-order valence-corrected chi connectivity index (χ0v) is 8.88. The Bertz CT molecular complexity index is 221. The smallest absolute Gasteiger partial charge is 0.223 e. The van der Waals surface area contributed by atoms with Gasteiger partial charge < -0.3 is 5.32 Å². The van der Waals surface area contributed by atoms with E-state index in [2.05, 4.69) is 18.2 Å². The van der Waals surface area contributed by atoms with Gasteiger partial charge in [0.05, 0.1) is 6.54 Å². The van der Waals surface area contributed by atoms with Crippen LogP contribution in [-0.4, -0.2) is 12.5 Å². The highest BCUT2D eigenvalue weighted by Gasteiger charge is 2.24. The number of carbonyl (C=O) groups is 1. The summed E-state index contributed by atoms with van der Waals surface area (Å²) in [5.41, 5.74) is 0. The fourth-order valence-electron chi connectivity index (χ4n) is 2.12. The molecule has 1 rings (SSSR count). The van der Waals surface area contributed by atoms with Crippen LogP contribution in [0.4, 0.5) is 0 Å². The zero-order valence-electron chi connectivity index (χ0n) is 8.88. The van der Waals surface area contributed by atoms with Crippen LogP contribution in [0.1, 0.15) is 39.0 Å². The van der Waals surface area contributed by atoms with Gasteiger partial charge in [0.15, 0.2) is 0 Å². The normalized spacial score (nSPS) is 26.6. The van der Waals surface area contributed by atoms with E-state index in [4.69, 9.17) is 6.42 Å². The molecule has 0 heterocycles. The van der Waals surface area contributed by atoms with Crippen LogP contribution in [0.5, 0.6) is 0 Å². The first-order chi connectivity index (χ1) is 6.77. The Balaban J connectivity index is 2.27. The highest BCUT2D eigenvalue weighted by molar-refractivity contribution is 5.78. The van der Waals surface area contributed by atoms with Crippen molar-refractivity contribution in [2.75, 3.05) is 6.54 Å². The molecule has 1 amide bonds. The molecule has 1 N–H and O–H groups in total. The average molecular weight is 193 g/mol. The van der Waals surface area contributed by atoms with Gasteiger partial charge in [-0.25, -0.2) is 0 Å². The van der Waals surface area contributed by atoms with E-state index in [0.29, 0.717) is 6.54 Å². The summed E-state index contributed by atoms with van der Waals surface area (Å²) in [7, 11) is 0. The molecule has 14 heavy (non-hydrogen) atoms. The molecule has 0 aromatic carbocycles. The van der Waals surface area contributed by atoms with Crippen LogP contribution in [0.3, 0.4) is 0 Å². The number of nitrogens with one attached hydrogen (secondary N) is 1. The Morgan fingerprint density at radius 3 is 2.57 bits per heavy atom. The summed E-state index contributed by atoms with van der Waals surface area (Å²) in [6, 6.07) is 0. The fourth-order valence-corrected chi connectivity index (χ4v) is 2.12. The predicted molar refractivity (Wildman–Crippen MR) is 57.6 cm³/mol. The second-order valence-electron chi connectivity index (χ2n) is 4.05. The fraction of sp³-hybridized carbons (Fsp3) is 0.750. The lowest BCUT2D eigenvalue weighted by Crippen LogP contribution is -2.33. The van der Waals surface area contributed by atoms with Gasteiger partial charge in [-0.1, -0.05) is 19.3 Å². The van der Waals surface area contributed by atoms with Gasteiger partial charge in [-0.05, 0) is 31.6 Å². The first-order valence-corrected chi connectivity index (χ1v) is 5.49. The lowest BCUT2D eigenvalue weighted by Gasteiger charge is -2.26.